The van der Waals surface area contributed by atoms with Crippen LogP contribution >= 0.6 is 0 Å². The number of nitrogens with one attached hydrogen (secondary N) is 2. The van der Waals surface area contributed by atoms with Gasteiger partial charge in [0.25, 0.3) is 0 Å². The molecule has 256 valence electrons. The third kappa shape index (κ3) is 11.7. The summed E-state index contributed by atoms with van der Waals surface area (Å²) in [5.41, 5.74) is 6.21. The van der Waals surface area contributed by atoms with E-state index < -0.39 is 17.8 Å². The van der Waals surface area contributed by atoms with Crippen LogP contribution in [0.25, 0.3) is 22.3 Å². The summed E-state index contributed by atoms with van der Waals surface area (Å²) in [6.45, 7) is 5.17. The zero-order chi connectivity index (χ0) is 35.8. The predicted octanol–water partition coefficient (Wildman–Crippen LogP) is 6.26. The topological polar surface area (TPSA) is 119 Å². The maximum atomic E-state index is 12.8. The van der Waals surface area contributed by atoms with Crippen LogP contribution in [0.4, 0.5) is 0 Å². The molecule has 0 radical (unpaired) electrons. The van der Waals surface area contributed by atoms with Crippen LogP contribution in [-0.4, -0.2) is 50.1 Å². The highest BCUT2D eigenvalue weighted by Crippen LogP contribution is 2.23. The number of Topliss-reactive ketones (excluding diaryl/α,β-unsaturated/α-hetero) is 2. The molecule has 0 aliphatic heterocycles. The second-order valence-electron chi connectivity index (χ2n) is 11.8. The summed E-state index contributed by atoms with van der Waals surface area (Å²) in [6.07, 6.45) is 0.719. The average molecular weight is 663 g/mol. The molecule has 0 aliphatic carbocycles. The van der Waals surface area contributed by atoms with E-state index >= 15 is 0 Å². The fourth-order valence-corrected chi connectivity index (χ4v) is 5.41. The van der Waals surface area contributed by atoms with Gasteiger partial charge in [0.2, 0.25) is 11.8 Å². The summed E-state index contributed by atoms with van der Waals surface area (Å²) in [7, 11) is 3.07. The molecule has 0 aliphatic rings. The molecule has 0 heterocycles. The van der Waals surface area contributed by atoms with E-state index in [9.17, 15) is 24.0 Å². The Balaban J connectivity index is 0.000000271. The summed E-state index contributed by atoms with van der Waals surface area (Å²) < 4.78 is 5.02. The monoisotopic (exact) mass is 662 g/mol. The molecular formula is C41H46N2O6. The minimum atomic E-state index is -1.11. The van der Waals surface area contributed by atoms with Gasteiger partial charge in [-0.3, -0.25) is 24.0 Å². The molecule has 4 aromatic rings. The lowest BCUT2D eigenvalue weighted by Crippen LogP contribution is -2.40. The molecule has 4 aromatic carbocycles. The number of ether oxygens (including phenoxy) is 1. The Kier molecular flexibility index (Phi) is 15.1. The number of esters is 1. The van der Waals surface area contributed by atoms with Gasteiger partial charge >= 0.3 is 5.97 Å². The number of benzene rings is 4. The molecule has 4 rings (SSSR count). The molecule has 3 atom stereocenters. The molecule has 0 bridgehead atoms. The maximum Gasteiger partial charge on any atom is 0.317 e. The molecule has 2 amide bonds. The van der Waals surface area contributed by atoms with Gasteiger partial charge in [-0.2, -0.15) is 0 Å². The van der Waals surface area contributed by atoms with Gasteiger partial charge in [0.1, 0.15) is 11.7 Å². The summed E-state index contributed by atoms with van der Waals surface area (Å²) in [4.78, 5) is 60.4. The lowest BCUT2D eigenvalue weighted by atomic mass is 9.86. The first-order chi connectivity index (χ1) is 23.6. The van der Waals surface area contributed by atoms with E-state index in [1.54, 1.807) is 27.8 Å². The molecule has 0 saturated heterocycles. The molecule has 1 unspecified atom stereocenters. The normalized spacial score (nSPS) is 12.3. The number of ketones is 2. The highest BCUT2D eigenvalue weighted by molar-refractivity contribution is 6.03. The Morgan fingerprint density at radius 3 is 1.45 bits per heavy atom. The summed E-state index contributed by atoms with van der Waals surface area (Å²) in [6, 6.07) is 35.7. The SMILES string of the molecule is CCOC(=O)C(C(=O)Cc1ccc(-c2ccccc2)cc1)[C@@H](C)C(=O)NC.CNC(=O)[C@H](C)CC(=O)Cc1ccc(-c2ccccc2)cc1. The van der Waals surface area contributed by atoms with Crippen LogP contribution in [0.2, 0.25) is 0 Å². The van der Waals surface area contributed by atoms with Crippen molar-refractivity contribution in [1.29, 1.82) is 0 Å². The van der Waals surface area contributed by atoms with Crippen molar-refractivity contribution in [3.63, 3.8) is 0 Å². The molecule has 0 spiro atoms. The molecule has 2 N–H and O–H groups in total. The van der Waals surface area contributed by atoms with Gasteiger partial charge < -0.3 is 15.4 Å². The van der Waals surface area contributed by atoms with Crippen molar-refractivity contribution in [2.75, 3.05) is 20.7 Å². The van der Waals surface area contributed by atoms with E-state index in [4.69, 9.17) is 4.74 Å². The zero-order valence-corrected chi connectivity index (χ0v) is 28.9. The molecule has 0 fully saturated rings. The van der Waals surface area contributed by atoms with E-state index in [1.807, 2.05) is 97.1 Å². The quantitative estimate of drug-likeness (QED) is 0.122. The number of carbonyl (C=O) groups is 5. The third-order valence-corrected chi connectivity index (χ3v) is 8.18. The lowest BCUT2D eigenvalue weighted by Gasteiger charge is -2.20. The fourth-order valence-electron chi connectivity index (χ4n) is 5.41. The van der Waals surface area contributed by atoms with Crippen molar-refractivity contribution >= 4 is 29.4 Å². The highest BCUT2D eigenvalue weighted by atomic mass is 16.5. The van der Waals surface area contributed by atoms with Crippen LogP contribution in [0.3, 0.4) is 0 Å². The van der Waals surface area contributed by atoms with Gasteiger partial charge in [0.05, 0.1) is 12.5 Å². The Labute approximate surface area is 289 Å². The van der Waals surface area contributed by atoms with E-state index in [2.05, 4.69) is 22.8 Å². The van der Waals surface area contributed by atoms with Crippen molar-refractivity contribution in [1.82, 2.24) is 10.6 Å². The lowest BCUT2D eigenvalue weighted by molar-refractivity contribution is -0.156. The first-order valence-corrected chi connectivity index (χ1v) is 16.5. The first-order valence-electron chi connectivity index (χ1n) is 16.5. The summed E-state index contributed by atoms with van der Waals surface area (Å²) >= 11 is 0. The molecule has 0 saturated carbocycles. The molecule has 0 aromatic heterocycles. The van der Waals surface area contributed by atoms with Crippen LogP contribution in [0.1, 0.15) is 38.3 Å². The van der Waals surface area contributed by atoms with Crippen LogP contribution < -0.4 is 10.6 Å². The number of carbonyl (C=O) groups excluding carboxylic acids is 5. The molecule has 8 nitrogen and oxygen atoms in total. The van der Waals surface area contributed by atoms with Gasteiger partial charge in [-0.1, -0.05) is 123 Å². The van der Waals surface area contributed by atoms with E-state index in [1.165, 1.54) is 7.05 Å². The molecule has 8 heteroatoms. The molecule has 49 heavy (non-hydrogen) atoms. The third-order valence-electron chi connectivity index (χ3n) is 8.18. The average Bonchev–Trinajstić information content (AvgIpc) is 3.12. The van der Waals surface area contributed by atoms with Crippen molar-refractivity contribution in [3.05, 3.63) is 120 Å². The first kappa shape index (κ1) is 38.1. The van der Waals surface area contributed by atoms with Gasteiger partial charge in [0, 0.05) is 39.3 Å². The van der Waals surface area contributed by atoms with Crippen LogP contribution in [0.15, 0.2) is 109 Å². The maximum absolute atomic E-state index is 12.8. The van der Waals surface area contributed by atoms with Crippen LogP contribution in [0, 0.1) is 17.8 Å². The second kappa shape index (κ2) is 19.5. The van der Waals surface area contributed by atoms with Gasteiger partial charge in [0.15, 0.2) is 5.78 Å². The smallest absolute Gasteiger partial charge is 0.317 e. The Hall–Kier alpha value is -5.37. The second-order valence-corrected chi connectivity index (χ2v) is 11.8. The van der Waals surface area contributed by atoms with E-state index in [-0.39, 0.29) is 48.7 Å². The summed E-state index contributed by atoms with van der Waals surface area (Å²) in [5, 5.41) is 5.06. The van der Waals surface area contributed by atoms with Crippen molar-refractivity contribution < 1.29 is 28.7 Å². The highest BCUT2D eigenvalue weighted by Gasteiger charge is 2.36. The van der Waals surface area contributed by atoms with Crippen molar-refractivity contribution in [3.8, 4) is 22.3 Å². The van der Waals surface area contributed by atoms with E-state index in [0.717, 1.165) is 33.4 Å². The Morgan fingerprint density at radius 2 is 1.02 bits per heavy atom. The van der Waals surface area contributed by atoms with E-state index in [0.29, 0.717) is 6.42 Å². The zero-order valence-electron chi connectivity index (χ0n) is 28.9. The standard InChI is InChI=1S/C22H25NO4.C19H21NO2/c1-4-27-22(26)20(15(2)21(25)23-3)19(24)14-16-10-12-18(13-11-16)17-8-6-5-7-9-17;1-14(19(22)20-2)12-18(21)13-15-8-10-17(11-9-15)16-6-4-3-5-7-16/h5-13,15,20H,4,14H2,1-3H3,(H,23,25);3-11,14H,12-13H2,1-2H3,(H,20,22)/t15-,20?;14-/m11/s1. The van der Waals surface area contributed by atoms with Crippen molar-refractivity contribution in [2.45, 2.75) is 40.0 Å². The largest absolute Gasteiger partial charge is 0.465 e. The minimum Gasteiger partial charge on any atom is -0.465 e. The summed E-state index contributed by atoms with van der Waals surface area (Å²) in [5.74, 6) is -3.52. The number of hydrogen-bond donors (Lipinski definition) is 2. The number of hydrogen-bond acceptors (Lipinski definition) is 6. The Bertz CT molecular complexity index is 1670. The number of rotatable bonds is 14. The van der Waals surface area contributed by atoms with Gasteiger partial charge in [-0.05, 0) is 40.3 Å². The van der Waals surface area contributed by atoms with Crippen molar-refractivity contribution in [2.24, 2.45) is 17.8 Å². The van der Waals surface area contributed by atoms with Crippen LogP contribution in [0.5, 0.6) is 0 Å². The van der Waals surface area contributed by atoms with Gasteiger partial charge in [-0.25, -0.2) is 0 Å². The predicted molar refractivity (Wildman–Crippen MR) is 192 cm³/mol. The number of amides is 2. The minimum absolute atomic E-state index is 0.0693. The van der Waals surface area contributed by atoms with Crippen LogP contribution in [-0.2, 0) is 41.6 Å². The van der Waals surface area contributed by atoms with Gasteiger partial charge in [-0.15, -0.1) is 0 Å². The molecular weight excluding hydrogens is 616 g/mol. The fraction of sp³-hybridized carbons (Fsp3) is 0.293. The Morgan fingerprint density at radius 1 is 0.592 bits per heavy atom.